The van der Waals surface area contributed by atoms with Crippen LogP contribution in [0, 0.1) is 13.8 Å². The summed E-state index contributed by atoms with van der Waals surface area (Å²) in [6.45, 7) is 8.83. The van der Waals surface area contributed by atoms with Crippen molar-refractivity contribution in [2.75, 3.05) is 13.1 Å². The summed E-state index contributed by atoms with van der Waals surface area (Å²) in [5.41, 5.74) is 0. The van der Waals surface area contributed by atoms with Gasteiger partial charge in [0, 0.05) is 6.54 Å². The number of hydrogen-bond acceptors (Lipinski definition) is 4. The van der Waals surface area contributed by atoms with Crippen molar-refractivity contribution in [3.63, 3.8) is 0 Å². The minimum Gasteiger partial charge on any atom is -0.372 e. The molecule has 0 spiro atoms. The van der Waals surface area contributed by atoms with Gasteiger partial charge in [0.1, 0.15) is 11.6 Å². The lowest BCUT2D eigenvalue weighted by Crippen LogP contribution is -2.28. The maximum absolute atomic E-state index is 5.98. The number of rotatable bonds is 5. The summed E-state index contributed by atoms with van der Waals surface area (Å²) < 4.78 is 7.93. The van der Waals surface area contributed by atoms with Gasteiger partial charge >= 0.3 is 0 Å². The first-order valence-corrected chi connectivity index (χ1v) is 6.43. The van der Waals surface area contributed by atoms with Gasteiger partial charge in [0.25, 0.3) is 0 Å². The minimum absolute atomic E-state index is 0.290. The Morgan fingerprint density at radius 1 is 1.35 bits per heavy atom. The van der Waals surface area contributed by atoms with Crippen LogP contribution in [0.25, 0.3) is 0 Å². The van der Waals surface area contributed by atoms with Gasteiger partial charge in [-0.2, -0.15) is 5.10 Å². The second-order valence-electron chi connectivity index (χ2n) is 4.65. The highest BCUT2D eigenvalue weighted by atomic mass is 16.5. The van der Waals surface area contributed by atoms with E-state index in [9.17, 15) is 0 Å². The Bertz CT molecular complexity index is 363. The maximum atomic E-state index is 5.98. The topological polar surface area (TPSA) is 52.0 Å². The van der Waals surface area contributed by atoms with Crippen molar-refractivity contribution in [2.24, 2.45) is 0 Å². The molecular weight excluding hydrogens is 216 g/mol. The van der Waals surface area contributed by atoms with Crippen molar-refractivity contribution in [3.8, 4) is 0 Å². The van der Waals surface area contributed by atoms with E-state index in [0.717, 1.165) is 44.1 Å². The van der Waals surface area contributed by atoms with E-state index in [-0.39, 0.29) is 0 Å². The number of aryl methyl sites for hydroxylation is 2. The SMILES string of the molecule is CCNCC1CCC(Cn2nc(C)nc2C)O1. The second-order valence-corrected chi connectivity index (χ2v) is 4.65. The molecule has 2 heterocycles. The molecule has 2 atom stereocenters. The predicted molar refractivity (Wildman–Crippen MR) is 65.9 cm³/mol. The highest BCUT2D eigenvalue weighted by Crippen LogP contribution is 2.20. The van der Waals surface area contributed by atoms with Crippen LogP contribution in [-0.4, -0.2) is 40.1 Å². The van der Waals surface area contributed by atoms with Gasteiger partial charge in [0.05, 0.1) is 18.8 Å². The average Bonchev–Trinajstić information content (AvgIpc) is 2.84. The van der Waals surface area contributed by atoms with Crippen molar-refractivity contribution < 1.29 is 4.74 Å². The van der Waals surface area contributed by atoms with Crippen LogP contribution in [0.5, 0.6) is 0 Å². The smallest absolute Gasteiger partial charge is 0.147 e. The Morgan fingerprint density at radius 2 is 2.12 bits per heavy atom. The van der Waals surface area contributed by atoms with Crippen molar-refractivity contribution >= 4 is 0 Å². The second kappa shape index (κ2) is 5.60. The lowest BCUT2D eigenvalue weighted by molar-refractivity contribution is 0.0340. The van der Waals surface area contributed by atoms with Crippen molar-refractivity contribution in [3.05, 3.63) is 11.6 Å². The highest BCUT2D eigenvalue weighted by Gasteiger charge is 2.25. The van der Waals surface area contributed by atoms with Crippen LogP contribution in [0.15, 0.2) is 0 Å². The molecule has 5 nitrogen and oxygen atoms in total. The molecule has 1 saturated heterocycles. The van der Waals surface area contributed by atoms with E-state index in [4.69, 9.17) is 4.74 Å². The molecule has 0 aromatic carbocycles. The van der Waals surface area contributed by atoms with E-state index in [1.54, 1.807) is 0 Å². The molecule has 1 aromatic rings. The normalized spacial score (nSPS) is 24.4. The summed E-state index contributed by atoms with van der Waals surface area (Å²) in [4.78, 5) is 4.31. The third kappa shape index (κ3) is 3.26. The third-order valence-corrected chi connectivity index (χ3v) is 3.16. The van der Waals surface area contributed by atoms with Crippen LogP contribution in [0.1, 0.15) is 31.4 Å². The lowest BCUT2D eigenvalue weighted by atomic mass is 10.2. The highest BCUT2D eigenvalue weighted by molar-refractivity contribution is 4.88. The molecule has 1 N–H and O–H groups in total. The van der Waals surface area contributed by atoms with E-state index in [2.05, 4.69) is 22.3 Å². The van der Waals surface area contributed by atoms with Crippen molar-refractivity contribution in [1.82, 2.24) is 20.1 Å². The number of nitrogens with one attached hydrogen (secondary N) is 1. The third-order valence-electron chi connectivity index (χ3n) is 3.16. The van der Waals surface area contributed by atoms with Gasteiger partial charge in [-0.15, -0.1) is 0 Å². The van der Waals surface area contributed by atoms with Crippen LogP contribution in [0.4, 0.5) is 0 Å². The first kappa shape index (κ1) is 12.5. The Kier molecular flexibility index (Phi) is 4.12. The molecule has 1 fully saturated rings. The van der Waals surface area contributed by atoms with Gasteiger partial charge in [-0.3, -0.25) is 0 Å². The molecule has 1 aliphatic heterocycles. The zero-order chi connectivity index (χ0) is 12.3. The number of hydrogen-bond donors (Lipinski definition) is 1. The molecule has 96 valence electrons. The zero-order valence-corrected chi connectivity index (χ0v) is 10.9. The predicted octanol–water partition coefficient (Wildman–Crippen LogP) is 1.05. The maximum Gasteiger partial charge on any atom is 0.147 e. The van der Waals surface area contributed by atoms with Crippen molar-refractivity contribution in [1.29, 1.82) is 0 Å². The molecular formula is C12H22N4O. The van der Waals surface area contributed by atoms with Crippen LogP contribution in [-0.2, 0) is 11.3 Å². The van der Waals surface area contributed by atoms with E-state index in [0.29, 0.717) is 12.2 Å². The molecule has 1 aliphatic rings. The molecule has 0 bridgehead atoms. The summed E-state index contributed by atoms with van der Waals surface area (Å²) in [7, 11) is 0. The molecule has 2 rings (SSSR count). The van der Waals surface area contributed by atoms with Crippen molar-refractivity contribution in [2.45, 2.75) is 52.4 Å². The van der Waals surface area contributed by atoms with Crippen LogP contribution < -0.4 is 5.32 Å². The molecule has 2 unspecified atom stereocenters. The lowest BCUT2D eigenvalue weighted by Gasteiger charge is -2.14. The number of likely N-dealkylation sites (N-methyl/N-ethyl adjacent to an activating group) is 1. The summed E-state index contributed by atoms with van der Waals surface area (Å²) in [5.74, 6) is 1.81. The number of nitrogens with zero attached hydrogens (tertiary/aromatic N) is 3. The Balaban J connectivity index is 1.83. The first-order valence-electron chi connectivity index (χ1n) is 6.43. The quantitative estimate of drug-likeness (QED) is 0.833. The Labute approximate surface area is 103 Å². The Hall–Kier alpha value is -0.940. The summed E-state index contributed by atoms with van der Waals surface area (Å²) in [5, 5.41) is 7.70. The van der Waals surface area contributed by atoms with Gasteiger partial charge in [-0.05, 0) is 33.2 Å². The van der Waals surface area contributed by atoms with E-state index >= 15 is 0 Å². The zero-order valence-electron chi connectivity index (χ0n) is 10.9. The standard InChI is InChI=1S/C12H22N4O/c1-4-13-7-11-5-6-12(17-11)8-16-10(3)14-9(2)15-16/h11-13H,4-8H2,1-3H3. The van der Waals surface area contributed by atoms with Gasteiger partial charge in [-0.25, -0.2) is 9.67 Å². The monoisotopic (exact) mass is 238 g/mol. The number of aromatic nitrogens is 3. The molecule has 5 heteroatoms. The number of ether oxygens (including phenoxy) is 1. The molecule has 1 aromatic heterocycles. The molecule has 0 saturated carbocycles. The van der Waals surface area contributed by atoms with E-state index in [1.807, 2.05) is 18.5 Å². The van der Waals surface area contributed by atoms with Gasteiger partial charge in [0.2, 0.25) is 0 Å². The first-order chi connectivity index (χ1) is 8.19. The van der Waals surface area contributed by atoms with Crippen LogP contribution >= 0.6 is 0 Å². The molecule has 17 heavy (non-hydrogen) atoms. The summed E-state index contributed by atoms with van der Waals surface area (Å²) >= 11 is 0. The van der Waals surface area contributed by atoms with Crippen LogP contribution in [0.2, 0.25) is 0 Å². The fraction of sp³-hybridized carbons (Fsp3) is 0.833. The summed E-state index contributed by atoms with van der Waals surface area (Å²) in [6.07, 6.45) is 2.92. The summed E-state index contributed by atoms with van der Waals surface area (Å²) in [6, 6.07) is 0. The molecule has 0 amide bonds. The fourth-order valence-corrected chi connectivity index (χ4v) is 2.30. The Morgan fingerprint density at radius 3 is 2.76 bits per heavy atom. The minimum atomic E-state index is 0.290. The van der Waals surface area contributed by atoms with E-state index in [1.165, 1.54) is 0 Å². The largest absolute Gasteiger partial charge is 0.372 e. The van der Waals surface area contributed by atoms with Crippen LogP contribution in [0.3, 0.4) is 0 Å². The average molecular weight is 238 g/mol. The molecule has 0 aliphatic carbocycles. The van der Waals surface area contributed by atoms with E-state index < -0.39 is 0 Å². The molecule has 0 radical (unpaired) electrons. The van der Waals surface area contributed by atoms with Gasteiger partial charge < -0.3 is 10.1 Å². The fourth-order valence-electron chi connectivity index (χ4n) is 2.30. The van der Waals surface area contributed by atoms with Gasteiger partial charge in [-0.1, -0.05) is 6.92 Å². The van der Waals surface area contributed by atoms with Gasteiger partial charge in [0.15, 0.2) is 0 Å².